The van der Waals surface area contributed by atoms with Crippen molar-refractivity contribution in [3.63, 3.8) is 0 Å². The maximum Gasteiger partial charge on any atom is 0.253 e. The molecule has 4 rings (SSSR count). The second kappa shape index (κ2) is 7.67. The summed E-state index contributed by atoms with van der Waals surface area (Å²) in [4.78, 5) is 21.7. The van der Waals surface area contributed by atoms with Gasteiger partial charge < -0.3 is 19.6 Å². The molecule has 0 saturated heterocycles. The monoisotopic (exact) mass is 403 g/mol. The molecule has 7 nitrogen and oxygen atoms in total. The van der Waals surface area contributed by atoms with Crippen molar-refractivity contribution in [2.24, 2.45) is 0 Å². The molecule has 1 aromatic carbocycles. The number of pyridine rings is 1. The second-order valence-corrected chi connectivity index (χ2v) is 8.25. The molecule has 0 saturated carbocycles. The molecule has 0 spiro atoms. The van der Waals surface area contributed by atoms with Crippen molar-refractivity contribution in [2.45, 2.75) is 39.8 Å². The van der Waals surface area contributed by atoms with Crippen molar-refractivity contribution in [1.29, 1.82) is 0 Å². The van der Waals surface area contributed by atoms with E-state index in [9.17, 15) is 4.79 Å². The summed E-state index contributed by atoms with van der Waals surface area (Å²) in [7, 11) is 0. The third-order valence-corrected chi connectivity index (χ3v) is 4.83. The molecular formula is C23H25N5O2. The Balaban J connectivity index is 1.67. The lowest BCUT2D eigenvalue weighted by Crippen LogP contribution is -2.24. The first kappa shape index (κ1) is 19.7. The highest BCUT2D eigenvalue weighted by Gasteiger charge is 2.23. The van der Waals surface area contributed by atoms with Gasteiger partial charge in [0.15, 0.2) is 0 Å². The number of oxazole rings is 1. The third-order valence-electron chi connectivity index (χ3n) is 4.83. The fourth-order valence-electron chi connectivity index (χ4n) is 3.24. The Morgan fingerprint density at radius 3 is 2.57 bits per heavy atom. The number of carbonyl (C=O) groups is 1. The minimum Gasteiger partial charge on any atom is -0.447 e. The van der Waals surface area contributed by atoms with Gasteiger partial charge in [0.25, 0.3) is 5.91 Å². The highest BCUT2D eigenvalue weighted by atomic mass is 16.3. The Morgan fingerprint density at radius 1 is 1.13 bits per heavy atom. The minimum absolute atomic E-state index is 0.192. The first-order chi connectivity index (χ1) is 14.3. The van der Waals surface area contributed by atoms with Crippen LogP contribution in [0.1, 0.15) is 42.6 Å². The van der Waals surface area contributed by atoms with Crippen LogP contribution in [0.25, 0.3) is 11.0 Å². The summed E-state index contributed by atoms with van der Waals surface area (Å²) in [6.45, 7) is 8.54. The third kappa shape index (κ3) is 4.05. The van der Waals surface area contributed by atoms with Crippen LogP contribution in [-0.4, -0.2) is 20.4 Å². The van der Waals surface area contributed by atoms with Gasteiger partial charge in [0, 0.05) is 22.8 Å². The first-order valence-electron chi connectivity index (χ1n) is 9.84. The summed E-state index contributed by atoms with van der Waals surface area (Å²) in [5, 5.41) is 7.00. The fourth-order valence-corrected chi connectivity index (χ4v) is 3.24. The first-order valence-corrected chi connectivity index (χ1v) is 9.84. The number of nitrogens with one attached hydrogen (secondary N) is 2. The SMILES string of the molecule is Cc1ccc(Nc2ccc3c(C(=O)NCc4ncco4)cn(C(C)(C)C)c3n2)cc1. The Labute approximate surface area is 175 Å². The minimum atomic E-state index is -0.241. The molecule has 3 heterocycles. The molecule has 2 N–H and O–H groups in total. The number of rotatable bonds is 5. The van der Waals surface area contributed by atoms with E-state index in [1.807, 2.05) is 35.0 Å². The molecule has 0 fully saturated rings. The zero-order valence-corrected chi connectivity index (χ0v) is 17.6. The number of nitrogens with zero attached hydrogens (tertiary/aromatic N) is 3. The zero-order valence-electron chi connectivity index (χ0n) is 17.6. The number of hydrogen-bond acceptors (Lipinski definition) is 5. The molecule has 30 heavy (non-hydrogen) atoms. The molecule has 0 atom stereocenters. The van der Waals surface area contributed by atoms with E-state index < -0.39 is 0 Å². The Bertz CT molecular complexity index is 1170. The summed E-state index contributed by atoms with van der Waals surface area (Å²) >= 11 is 0. The van der Waals surface area contributed by atoms with Gasteiger partial charge in [0.2, 0.25) is 5.89 Å². The van der Waals surface area contributed by atoms with Gasteiger partial charge in [-0.2, -0.15) is 0 Å². The van der Waals surface area contributed by atoms with E-state index in [1.54, 1.807) is 6.20 Å². The molecule has 0 radical (unpaired) electrons. The van der Waals surface area contributed by atoms with E-state index in [-0.39, 0.29) is 18.0 Å². The van der Waals surface area contributed by atoms with Gasteiger partial charge in [0.05, 0.1) is 18.3 Å². The van der Waals surface area contributed by atoms with E-state index in [1.165, 1.54) is 11.8 Å². The van der Waals surface area contributed by atoms with Crippen LogP contribution in [-0.2, 0) is 12.1 Å². The van der Waals surface area contributed by atoms with E-state index >= 15 is 0 Å². The highest BCUT2D eigenvalue weighted by Crippen LogP contribution is 2.28. The number of fused-ring (bicyclic) bond motifs is 1. The zero-order chi connectivity index (χ0) is 21.3. The van der Waals surface area contributed by atoms with Gasteiger partial charge >= 0.3 is 0 Å². The van der Waals surface area contributed by atoms with Gasteiger partial charge in [-0.1, -0.05) is 17.7 Å². The molecule has 7 heteroatoms. The van der Waals surface area contributed by atoms with Crippen LogP contribution in [0.2, 0.25) is 0 Å². The lowest BCUT2D eigenvalue weighted by molar-refractivity contribution is 0.0948. The van der Waals surface area contributed by atoms with Gasteiger partial charge in [-0.05, 0) is 52.0 Å². The predicted octanol–water partition coefficient (Wildman–Crippen LogP) is 4.76. The molecule has 1 amide bonds. The lowest BCUT2D eigenvalue weighted by atomic mass is 10.1. The van der Waals surface area contributed by atoms with Gasteiger partial charge in [-0.15, -0.1) is 0 Å². The van der Waals surface area contributed by atoms with Crippen molar-refractivity contribution in [2.75, 3.05) is 5.32 Å². The topological polar surface area (TPSA) is 85.0 Å². The Hall–Kier alpha value is -3.61. The summed E-state index contributed by atoms with van der Waals surface area (Å²) in [6, 6.07) is 12.0. The quantitative estimate of drug-likeness (QED) is 0.502. The van der Waals surface area contributed by atoms with Crippen LogP contribution in [0.5, 0.6) is 0 Å². The summed E-state index contributed by atoms with van der Waals surface area (Å²) < 4.78 is 7.23. The molecule has 0 aliphatic heterocycles. The Morgan fingerprint density at radius 2 is 1.90 bits per heavy atom. The molecule has 4 aromatic rings. The van der Waals surface area contributed by atoms with Crippen LogP contribution >= 0.6 is 0 Å². The molecule has 0 aliphatic carbocycles. The summed E-state index contributed by atoms with van der Waals surface area (Å²) in [5.74, 6) is 0.995. The molecule has 0 unspecified atom stereocenters. The van der Waals surface area contributed by atoms with E-state index in [0.29, 0.717) is 11.5 Å². The van der Waals surface area contributed by atoms with Crippen LogP contribution in [0, 0.1) is 6.92 Å². The summed E-state index contributed by atoms with van der Waals surface area (Å²) in [6.07, 6.45) is 4.90. The number of benzene rings is 1. The second-order valence-electron chi connectivity index (χ2n) is 8.25. The van der Waals surface area contributed by atoms with Gasteiger partial charge in [-0.3, -0.25) is 4.79 Å². The average molecular weight is 403 g/mol. The normalized spacial score (nSPS) is 11.6. The van der Waals surface area contributed by atoms with E-state index in [0.717, 1.165) is 22.5 Å². The molecule has 154 valence electrons. The van der Waals surface area contributed by atoms with E-state index in [2.05, 4.69) is 55.4 Å². The average Bonchev–Trinajstić information content (AvgIpc) is 3.35. The Kier molecular flexibility index (Phi) is 5.03. The molecule has 3 aromatic heterocycles. The summed E-state index contributed by atoms with van der Waals surface area (Å²) in [5.41, 5.74) is 3.24. The maximum absolute atomic E-state index is 12.9. The molecule has 0 aliphatic rings. The maximum atomic E-state index is 12.9. The van der Waals surface area contributed by atoms with Gasteiger partial charge in [-0.25, -0.2) is 9.97 Å². The largest absolute Gasteiger partial charge is 0.447 e. The molecule has 0 bridgehead atoms. The number of hydrogen-bond donors (Lipinski definition) is 2. The number of aryl methyl sites for hydroxylation is 1. The number of anilines is 2. The number of carbonyl (C=O) groups excluding carboxylic acids is 1. The highest BCUT2D eigenvalue weighted by molar-refractivity contribution is 6.06. The number of aromatic nitrogens is 3. The van der Waals surface area contributed by atoms with Gasteiger partial charge in [0.1, 0.15) is 17.7 Å². The van der Waals surface area contributed by atoms with Crippen LogP contribution in [0.15, 0.2) is 59.5 Å². The van der Waals surface area contributed by atoms with Crippen molar-refractivity contribution in [3.8, 4) is 0 Å². The van der Waals surface area contributed by atoms with Crippen molar-refractivity contribution in [1.82, 2.24) is 19.9 Å². The predicted molar refractivity (Wildman–Crippen MR) is 117 cm³/mol. The standard InChI is InChI=1S/C23H25N5O2/c1-15-5-7-16(8-6-15)26-19-10-9-17-18(14-28(21(17)27-19)23(2,3)4)22(29)25-13-20-24-11-12-30-20/h5-12,14H,13H2,1-4H3,(H,25,29)(H,26,27). The molecular weight excluding hydrogens is 378 g/mol. The number of amides is 1. The lowest BCUT2D eigenvalue weighted by Gasteiger charge is -2.22. The van der Waals surface area contributed by atoms with Crippen LogP contribution < -0.4 is 10.6 Å². The van der Waals surface area contributed by atoms with Crippen LogP contribution in [0.4, 0.5) is 11.5 Å². The van der Waals surface area contributed by atoms with Crippen molar-refractivity contribution in [3.05, 3.63) is 72.1 Å². The van der Waals surface area contributed by atoms with Crippen molar-refractivity contribution < 1.29 is 9.21 Å². The fraction of sp³-hybridized carbons (Fsp3) is 0.261. The smallest absolute Gasteiger partial charge is 0.253 e. The van der Waals surface area contributed by atoms with Crippen molar-refractivity contribution >= 4 is 28.4 Å². The van der Waals surface area contributed by atoms with E-state index in [4.69, 9.17) is 9.40 Å². The van der Waals surface area contributed by atoms with Crippen LogP contribution in [0.3, 0.4) is 0 Å².